The fourth-order valence-corrected chi connectivity index (χ4v) is 3.31. The number of thioether (sulfide) groups is 1. The summed E-state index contributed by atoms with van der Waals surface area (Å²) in [5.41, 5.74) is 0.599. The minimum absolute atomic E-state index is 0.274. The number of aryl methyl sites for hydroxylation is 1. The van der Waals surface area contributed by atoms with Crippen LogP contribution in [0.25, 0.3) is 6.20 Å². The second kappa shape index (κ2) is 14.3. The molecule has 1 aromatic rings. The third-order valence-electron chi connectivity index (χ3n) is 4.10. The van der Waals surface area contributed by atoms with Gasteiger partial charge in [0, 0.05) is 31.4 Å². The van der Waals surface area contributed by atoms with E-state index in [1.165, 1.54) is 29.6 Å². The van der Waals surface area contributed by atoms with Gasteiger partial charge in [0.15, 0.2) is 5.16 Å². The van der Waals surface area contributed by atoms with Crippen LogP contribution in [-0.4, -0.2) is 31.3 Å². The zero-order valence-corrected chi connectivity index (χ0v) is 19.3. The van der Waals surface area contributed by atoms with Gasteiger partial charge in [-0.2, -0.15) is 18.3 Å². The average Bonchev–Trinajstić information content (AvgIpc) is 3.01. The third kappa shape index (κ3) is 9.55. The molecule has 1 aromatic heterocycles. The molecule has 1 unspecified atom stereocenters. The minimum Gasteiger partial charge on any atom is -0.328 e. The van der Waals surface area contributed by atoms with Crippen molar-refractivity contribution in [2.45, 2.75) is 38.0 Å². The third-order valence-corrected chi connectivity index (χ3v) is 5.24. The van der Waals surface area contributed by atoms with E-state index in [0.29, 0.717) is 10.9 Å². The first kappa shape index (κ1) is 27.2. The summed E-state index contributed by atoms with van der Waals surface area (Å²) >= 11 is 1.45. The fraction of sp³-hybridized carbons (Fsp3) is 0.348. The molecule has 32 heavy (non-hydrogen) atoms. The smallest absolute Gasteiger partial charge is 0.328 e. The topological polar surface area (TPSA) is 52.7 Å². The first-order valence-electron chi connectivity index (χ1n) is 10.2. The van der Waals surface area contributed by atoms with Gasteiger partial charge in [-0.3, -0.25) is 9.36 Å². The molecule has 174 valence electrons. The molecule has 5 nitrogen and oxygen atoms in total. The monoisotopic (exact) mass is 466 g/mol. The van der Waals surface area contributed by atoms with Gasteiger partial charge in [0.2, 0.25) is 0 Å². The predicted molar refractivity (Wildman–Crippen MR) is 126 cm³/mol. The maximum atomic E-state index is 13.1. The molecular weight excluding hydrogens is 437 g/mol. The zero-order valence-electron chi connectivity index (χ0n) is 18.5. The van der Waals surface area contributed by atoms with E-state index in [4.69, 9.17) is 0 Å². The van der Waals surface area contributed by atoms with Crippen LogP contribution in [0.3, 0.4) is 0 Å². The Hall–Kier alpha value is -2.81. The molecule has 0 saturated heterocycles. The molecule has 0 aromatic carbocycles. The van der Waals surface area contributed by atoms with Gasteiger partial charge >= 0.3 is 6.18 Å². The first-order valence-corrected chi connectivity index (χ1v) is 11.1. The van der Waals surface area contributed by atoms with Crippen LogP contribution in [-0.2, 0) is 7.05 Å². The van der Waals surface area contributed by atoms with Gasteiger partial charge in [-0.1, -0.05) is 73.7 Å². The van der Waals surface area contributed by atoms with Gasteiger partial charge in [-0.05, 0) is 12.8 Å². The highest BCUT2D eigenvalue weighted by Gasteiger charge is 2.36. The maximum Gasteiger partial charge on any atom is 0.395 e. The number of nitrogens with zero attached hydrogens (tertiary/aromatic N) is 4. The SMILES string of the molecule is C=CCC(/C=C/n1ccn(C)c(SCC2=CC=CC=CC2)nncc1=O)C(F)(F)F.CC. The number of allylic oxidation sites excluding steroid dienone is 7. The molecule has 2 rings (SSSR count). The molecule has 0 radical (unpaired) electrons. The number of hydrogen-bond donors (Lipinski definition) is 0. The summed E-state index contributed by atoms with van der Waals surface area (Å²) in [5, 5.41) is 8.43. The van der Waals surface area contributed by atoms with Gasteiger partial charge in [0.25, 0.3) is 5.56 Å². The predicted octanol–water partition coefficient (Wildman–Crippen LogP) is 5.89. The molecule has 1 aliphatic rings. The molecule has 1 atom stereocenters. The van der Waals surface area contributed by atoms with Crippen LogP contribution in [0.2, 0.25) is 0 Å². The molecule has 0 saturated carbocycles. The van der Waals surface area contributed by atoms with E-state index in [-0.39, 0.29) is 6.42 Å². The van der Waals surface area contributed by atoms with Crippen molar-refractivity contribution in [2.75, 3.05) is 5.75 Å². The highest BCUT2D eigenvalue weighted by molar-refractivity contribution is 7.99. The van der Waals surface area contributed by atoms with Gasteiger partial charge in [-0.15, -0.1) is 11.7 Å². The Bertz CT molecular complexity index is 970. The van der Waals surface area contributed by atoms with Crippen LogP contribution in [0.4, 0.5) is 13.2 Å². The summed E-state index contributed by atoms with van der Waals surface area (Å²) in [6.45, 7) is 7.35. The fourth-order valence-electron chi connectivity index (χ4n) is 2.41. The van der Waals surface area contributed by atoms with Crippen molar-refractivity contribution in [3.8, 4) is 0 Å². The highest BCUT2D eigenvalue weighted by Crippen LogP contribution is 2.30. The van der Waals surface area contributed by atoms with Crippen molar-refractivity contribution in [3.05, 3.63) is 83.6 Å². The molecule has 1 heterocycles. The Balaban J connectivity index is 0.00000249. The lowest BCUT2D eigenvalue weighted by Gasteiger charge is -2.14. The normalized spacial score (nSPS) is 14.1. The van der Waals surface area contributed by atoms with Crippen molar-refractivity contribution in [3.63, 3.8) is 0 Å². The van der Waals surface area contributed by atoms with E-state index in [1.54, 1.807) is 17.8 Å². The lowest BCUT2D eigenvalue weighted by molar-refractivity contribution is -0.159. The Morgan fingerprint density at radius 2 is 2.00 bits per heavy atom. The minimum atomic E-state index is -4.42. The maximum absolute atomic E-state index is 13.1. The van der Waals surface area contributed by atoms with Crippen LogP contribution in [0.1, 0.15) is 26.7 Å². The molecule has 0 spiro atoms. The summed E-state index contributed by atoms with van der Waals surface area (Å²) in [6, 6.07) is 0. The van der Waals surface area contributed by atoms with E-state index in [2.05, 4.69) is 22.9 Å². The van der Waals surface area contributed by atoms with E-state index < -0.39 is 17.7 Å². The number of halogens is 3. The Morgan fingerprint density at radius 1 is 1.25 bits per heavy atom. The molecule has 0 aliphatic heterocycles. The molecule has 0 amide bonds. The van der Waals surface area contributed by atoms with Crippen LogP contribution in [0, 0.1) is 5.92 Å². The average molecular weight is 467 g/mol. The molecular formula is C23H29F3N4OS. The van der Waals surface area contributed by atoms with Crippen molar-refractivity contribution in [1.82, 2.24) is 19.3 Å². The van der Waals surface area contributed by atoms with Gasteiger partial charge in [0.1, 0.15) is 6.20 Å². The summed E-state index contributed by atoms with van der Waals surface area (Å²) in [5.74, 6) is -1.04. The van der Waals surface area contributed by atoms with E-state index in [9.17, 15) is 18.0 Å². The van der Waals surface area contributed by atoms with Gasteiger partial charge in [0.05, 0.1) is 5.92 Å². The number of hydrogen-bond acceptors (Lipinski definition) is 4. The zero-order chi connectivity index (χ0) is 24.0. The number of rotatable bonds is 7. The summed E-state index contributed by atoms with van der Waals surface area (Å²) < 4.78 is 41.9. The summed E-state index contributed by atoms with van der Waals surface area (Å²) in [4.78, 5) is 12.3. The van der Waals surface area contributed by atoms with Crippen molar-refractivity contribution >= 4 is 18.0 Å². The quantitative estimate of drug-likeness (QED) is 0.372. The van der Waals surface area contributed by atoms with E-state index in [0.717, 1.165) is 29.5 Å². The standard InChI is InChI=1S/C21H23F3N4OS.C2H6/c1-3-8-18(21(22,23)24)11-12-28-14-13-27(2)20(26-25-15-19(28)29)30-16-17-9-6-4-5-7-10-17;1-2/h3-7,9,11-15,18H,1,8,10,16H2,2H3;1-2H3/b12-11+,14-13?,25-15?,26-20?;. The summed E-state index contributed by atoms with van der Waals surface area (Å²) in [6.07, 6.45) is 13.3. The first-order chi connectivity index (χ1) is 15.3. The second-order valence-electron chi connectivity index (χ2n) is 6.43. The second-order valence-corrected chi connectivity index (χ2v) is 7.37. The van der Waals surface area contributed by atoms with Crippen LogP contribution in [0.15, 0.2) is 83.2 Å². The number of aromatic nitrogens is 4. The Labute approximate surface area is 191 Å². The van der Waals surface area contributed by atoms with Crippen molar-refractivity contribution in [2.24, 2.45) is 13.0 Å². The van der Waals surface area contributed by atoms with Crippen LogP contribution in [0.5, 0.6) is 0 Å². The summed E-state index contributed by atoms with van der Waals surface area (Å²) in [7, 11) is 1.73. The lowest BCUT2D eigenvalue weighted by atomic mass is 10.1. The van der Waals surface area contributed by atoms with E-state index in [1.807, 2.05) is 38.2 Å². The molecule has 9 heteroatoms. The van der Waals surface area contributed by atoms with Gasteiger partial charge < -0.3 is 4.57 Å². The highest BCUT2D eigenvalue weighted by atomic mass is 32.2. The van der Waals surface area contributed by atoms with Crippen molar-refractivity contribution < 1.29 is 13.2 Å². The Morgan fingerprint density at radius 3 is 2.69 bits per heavy atom. The molecule has 0 N–H and O–H groups in total. The van der Waals surface area contributed by atoms with Crippen molar-refractivity contribution in [1.29, 1.82) is 0 Å². The van der Waals surface area contributed by atoms with Crippen LogP contribution < -0.4 is 5.56 Å². The van der Waals surface area contributed by atoms with E-state index >= 15 is 0 Å². The molecule has 0 fully saturated rings. The van der Waals surface area contributed by atoms with Gasteiger partial charge in [-0.25, -0.2) is 0 Å². The molecule has 0 bridgehead atoms. The Kier molecular flexibility index (Phi) is 12.2. The largest absolute Gasteiger partial charge is 0.395 e. The lowest BCUT2D eigenvalue weighted by Crippen LogP contribution is -2.21. The van der Waals surface area contributed by atoms with Crippen LogP contribution >= 0.6 is 11.8 Å². The molecule has 1 aliphatic carbocycles. The number of alkyl halides is 3.